The van der Waals surface area contributed by atoms with E-state index in [2.05, 4.69) is 27.4 Å². The summed E-state index contributed by atoms with van der Waals surface area (Å²) in [6.07, 6.45) is 2.93. The van der Waals surface area contributed by atoms with Gasteiger partial charge in [-0.2, -0.15) is 0 Å². The minimum absolute atomic E-state index is 0.0680. The summed E-state index contributed by atoms with van der Waals surface area (Å²) in [5.74, 6) is -0.0680. The molecule has 5 heteroatoms. The molecule has 1 saturated heterocycles. The maximum absolute atomic E-state index is 12.3. The molecule has 1 aromatic heterocycles. The Balaban J connectivity index is 2.03. The van der Waals surface area contributed by atoms with Crippen LogP contribution < -0.4 is 0 Å². The monoisotopic (exact) mass is 330 g/mol. The average molecular weight is 331 g/mol. The molecule has 1 aromatic rings. The fourth-order valence-corrected chi connectivity index (χ4v) is 4.83. The highest BCUT2D eigenvalue weighted by atomic mass is 79.9. The van der Waals surface area contributed by atoms with Crippen molar-refractivity contribution < 1.29 is 14.3 Å². The van der Waals surface area contributed by atoms with E-state index in [1.807, 2.05) is 0 Å². The quantitative estimate of drug-likeness (QED) is 0.799. The number of methoxy groups -OCH3 is 1. The fraction of sp³-hybridized carbons (Fsp3) is 0.615. The lowest BCUT2D eigenvalue weighted by Crippen LogP contribution is -2.64. The number of thiophene rings is 1. The van der Waals surface area contributed by atoms with Gasteiger partial charge in [-0.3, -0.25) is 4.79 Å². The predicted molar refractivity (Wildman–Crippen MR) is 72.8 cm³/mol. The highest BCUT2D eigenvalue weighted by Crippen LogP contribution is 2.60. The largest absolute Gasteiger partial charge is 0.469 e. The van der Waals surface area contributed by atoms with Gasteiger partial charge in [0.1, 0.15) is 0 Å². The van der Waals surface area contributed by atoms with Crippen molar-refractivity contribution in [3.8, 4) is 0 Å². The molecule has 3 nitrogen and oxygen atoms in total. The molecule has 2 heterocycles. The summed E-state index contributed by atoms with van der Waals surface area (Å²) >= 11 is 5.19. The Morgan fingerprint density at radius 3 is 2.56 bits per heavy atom. The zero-order chi connectivity index (χ0) is 12.8. The summed E-state index contributed by atoms with van der Waals surface area (Å²) in [5.41, 5.74) is -0.515. The van der Waals surface area contributed by atoms with Gasteiger partial charge in [0.2, 0.25) is 0 Å². The third kappa shape index (κ3) is 1.47. The maximum Gasteiger partial charge on any atom is 0.312 e. The van der Waals surface area contributed by atoms with Crippen LogP contribution in [0.25, 0.3) is 0 Å². The van der Waals surface area contributed by atoms with Gasteiger partial charge in [0, 0.05) is 14.7 Å². The van der Waals surface area contributed by atoms with E-state index in [9.17, 15) is 4.79 Å². The van der Waals surface area contributed by atoms with Crippen LogP contribution in [0.15, 0.2) is 15.9 Å². The molecule has 1 saturated carbocycles. The number of ether oxygens (including phenoxy) is 2. The van der Waals surface area contributed by atoms with Crippen LogP contribution in [0.2, 0.25) is 0 Å². The van der Waals surface area contributed by atoms with Crippen molar-refractivity contribution in [3.05, 3.63) is 20.8 Å². The summed E-state index contributed by atoms with van der Waals surface area (Å²) in [7, 11) is 1.49. The molecule has 3 rings (SSSR count). The molecule has 2 aliphatic rings. The van der Waals surface area contributed by atoms with Crippen molar-refractivity contribution in [1.82, 2.24) is 0 Å². The van der Waals surface area contributed by atoms with Crippen molar-refractivity contribution in [2.75, 3.05) is 20.3 Å². The molecule has 0 N–H and O–H groups in total. The van der Waals surface area contributed by atoms with E-state index in [0.29, 0.717) is 13.2 Å². The minimum atomic E-state index is -0.357. The molecule has 0 unspecified atom stereocenters. The van der Waals surface area contributed by atoms with Gasteiger partial charge in [0.05, 0.1) is 31.2 Å². The zero-order valence-corrected chi connectivity index (χ0v) is 12.6. The molecular formula is C13H15BrO3S. The molecule has 18 heavy (non-hydrogen) atoms. The Morgan fingerprint density at radius 2 is 2.22 bits per heavy atom. The number of esters is 1. The molecular weight excluding hydrogens is 316 g/mol. The van der Waals surface area contributed by atoms with Crippen LogP contribution in [0.1, 0.15) is 24.1 Å². The van der Waals surface area contributed by atoms with Crippen LogP contribution in [-0.2, 0) is 19.7 Å². The smallest absolute Gasteiger partial charge is 0.312 e. The number of carbonyl (C=O) groups excluding carboxylic acids is 1. The predicted octanol–water partition coefficient (Wildman–Crippen LogP) is 3.12. The average Bonchev–Trinajstić information content (AvgIpc) is 2.66. The third-order valence-electron chi connectivity index (χ3n) is 4.44. The fourth-order valence-electron chi connectivity index (χ4n) is 3.13. The van der Waals surface area contributed by atoms with Crippen molar-refractivity contribution >= 4 is 33.2 Å². The lowest BCUT2D eigenvalue weighted by Gasteiger charge is -2.57. The molecule has 0 atom stereocenters. The van der Waals surface area contributed by atoms with Gasteiger partial charge in [-0.1, -0.05) is 6.42 Å². The molecule has 1 aliphatic carbocycles. The highest BCUT2D eigenvalue weighted by Gasteiger charge is 2.65. The van der Waals surface area contributed by atoms with E-state index in [1.165, 1.54) is 12.0 Å². The first-order valence-corrected chi connectivity index (χ1v) is 7.73. The van der Waals surface area contributed by atoms with Crippen LogP contribution in [-0.4, -0.2) is 26.3 Å². The molecule has 0 aromatic carbocycles. The van der Waals surface area contributed by atoms with Crippen LogP contribution in [0.5, 0.6) is 0 Å². The standard InChI is InChI=1S/C13H15BrO3S/c1-16-11(15)12(3-2-4-12)13(7-17-8-13)10-5-9(14)6-18-10/h5-6H,2-4,7-8H2,1H3. The molecule has 0 amide bonds. The summed E-state index contributed by atoms with van der Waals surface area (Å²) in [6, 6.07) is 2.12. The molecule has 2 fully saturated rings. The zero-order valence-electron chi connectivity index (χ0n) is 10.2. The van der Waals surface area contributed by atoms with Crippen molar-refractivity contribution in [3.63, 3.8) is 0 Å². The van der Waals surface area contributed by atoms with Crippen molar-refractivity contribution in [2.45, 2.75) is 24.7 Å². The van der Waals surface area contributed by atoms with Crippen LogP contribution >= 0.6 is 27.3 Å². The molecule has 0 bridgehead atoms. The van der Waals surface area contributed by atoms with Gasteiger partial charge in [0.15, 0.2) is 0 Å². The Morgan fingerprint density at radius 1 is 1.50 bits per heavy atom. The lowest BCUT2D eigenvalue weighted by molar-refractivity contribution is -0.194. The van der Waals surface area contributed by atoms with E-state index in [-0.39, 0.29) is 16.8 Å². The van der Waals surface area contributed by atoms with E-state index in [0.717, 1.165) is 23.7 Å². The Hall–Kier alpha value is -0.390. The third-order valence-corrected chi connectivity index (χ3v) is 6.33. The molecule has 1 aliphatic heterocycles. The normalized spacial score (nSPS) is 23.9. The number of halogens is 1. The van der Waals surface area contributed by atoms with E-state index in [1.54, 1.807) is 11.3 Å². The number of carbonyl (C=O) groups is 1. The summed E-state index contributed by atoms with van der Waals surface area (Å²) in [6.45, 7) is 1.27. The molecule has 98 valence electrons. The number of hydrogen-bond donors (Lipinski definition) is 0. The minimum Gasteiger partial charge on any atom is -0.469 e. The van der Waals surface area contributed by atoms with E-state index < -0.39 is 0 Å². The first kappa shape index (κ1) is 12.6. The highest BCUT2D eigenvalue weighted by molar-refractivity contribution is 9.10. The van der Waals surface area contributed by atoms with E-state index in [4.69, 9.17) is 9.47 Å². The molecule has 0 spiro atoms. The second-order valence-corrected chi connectivity index (χ2v) is 6.96. The Labute approximate surface area is 119 Å². The van der Waals surface area contributed by atoms with Crippen molar-refractivity contribution in [1.29, 1.82) is 0 Å². The lowest BCUT2D eigenvalue weighted by atomic mass is 9.51. The van der Waals surface area contributed by atoms with Crippen LogP contribution in [0.3, 0.4) is 0 Å². The Bertz CT molecular complexity index is 474. The van der Waals surface area contributed by atoms with Gasteiger partial charge in [0.25, 0.3) is 0 Å². The first-order valence-electron chi connectivity index (χ1n) is 6.05. The van der Waals surface area contributed by atoms with Crippen molar-refractivity contribution in [2.24, 2.45) is 5.41 Å². The van der Waals surface area contributed by atoms with Gasteiger partial charge < -0.3 is 9.47 Å². The number of rotatable bonds is 3. The van der Waals surface area contributed by atoms with Gasteiger partial charge in [-0.15, -0.1) is 11.3 Å². The van der Waals surface area contributed by atoms with Crippen LogP contribution in [0, 0.1) is 5.41 Å². The first-order chi connectivity index (χ1) is 8.64. The maximum atomic E-state index is 12.3. The topological polar surface area (TPSA) is 35.5 Å². The van der Waals surface area contributed by atoms with Crippen LogP contribution in [0.4, 0.5) is 0 Å². The second kappa shape index (κ2) is 4.32. The summed E-state index contributed by atoms with van der Waals surface area (Å²) < 4.78 is 11.6. The van der Waals surface area contributed by atoms with E-state index >= 15 is 0 Å². The van der Waals surface area contributed by atoms with Gasteiger partial charge >= 0.3 is 5.97 Å². The van der Waals surface area contributed by atoms with Gasteiger partial charge in [-0.05, 0) is 34.8 Å². The number of hydrogen-bond acceptors (Lipinski definition) is 4. The SMILES string of the molecule is COC(=O)C1(C2(c3cc(Br)cs3)COC2)CCC1. The van der Waals surface area contributed by atoms with Gasteiger partial charge in [-0.25, -0.2) is 0 Å². The second-order valence-electron chi connectivity index (χ2n) is 5.13. The summed E-state index contributed by atoms with van der Waals surface area (Å²) in [5, 5.41) is 2.07. The molecule has 0 radical (unpaired) electrons. The summed E-state index contributed by atoms with van der Waals surface area (Å²) in [4.78, 5) is 13.5. The Kier molecular flexibility index (Phi) is 3.03.